The molecular formula is C16H24BrN3O3S. The van der Waals surface area contributed by atoms with Gasteiger partial charge >= 0.3 is 0 Å². The quantitative estimate of drug-likeness (QED) is 0.343. The Morgan fingerprint density at radius 2 is 1.83 bits per heavy atom. The molecule has 24 heavy (non-hydrogen) atoms. The van der Waals surface area contributed by atoms with E-state index in [-0.39, 0.29) is 12.3 Å². The fraction of sp³-hybridized carbons (Fsp3) is 0.500. The zero-order chi connectivity index (χ0) is 17.9. The number of hydrazine groups is 1. The van der Waals surface area contributed by atoms with Gasteiger partial charge in [-0.25, -0.2) is 0 Å². The summed E-state index contributed by atoms with van der Waals surface area (Å²) in [5.74, 6) is 0.967. The molecule has 1 aromatic rings. The maximum Gasteiger partial charge on any atom is 0.242 e. The summed E-state index contributed by atoms with van der Waals surface area (Å²) in [6, 6.07) is 3.54. The van der Waals surface area contributed by atoms with Gasteiger partial charge in [0.15, 0.2) is 16.6 Å². The second kappa shape index (κ2) is 11.1. The summed E-state index contributed by atoms with van der Waals surface area (Å²) in [6.45, 7) is 2.93. The van der Waals surface area contributed by atoms with Crippen molar-refractivity contribution in [1.29, 1.82) is 0 Å². The highest BCUT2D eigenvalue weighted by Gasteiger charge is 2.12. The number of carbonyl (C=O) groups excluding carboxylic acids is 1. The van der Waals surface area contributed by atoms with Gasteiger partial charge in [0.1, 0.15) is 0 Å². The monoisotopic (exact) mass is 417 g/mol. The number of thiocarbonyl (C=S) groups is 1. The standard InChI is InChI=1S/C16H24BrN3O3S/c1-4-5-6-7-18-16(24)20-19-15(21)9-11-8-13(22-2)14(23-3)10-12(11)17/h8,10H,4-7,9H2,1-3H3,(H,19,21)(H2,18,20,24). The fourth-order valence-electron chi connectivity index (χ4n) is 2.00. The van der Waals surface area contributed by atoms with Crippen molar-refractivity contribution in [2.24, 2.45) is 0 Å². The van der Waals surface area contributed by atoms with E-state index < -0.39 is 0 Å². The van der Waals surface area contributed by atoms with Crippen LogP contribution in [-0.4, -0.2) is 31.8 Å². The van der Waals surface area contributed by atoms with E-state index in [0.29, 0.717) is 16.6 Å². The molecule has 0 fully saturated rings. The normalized spacial score (nSPS) is 10.0. The topological polar surface area (TPSA) is 71.6 Å². The van der Waals surface area contributed by atoms with Crippen molar-refractivity contribution in [2.45, 2.75) is 32.6 Å². The van der Waals surface area contributed by atoms with Gasteiger partial charge in [0, 0.05) is 11.0 Å². The van der Waals surface area contributed by atoms with E-state index in [1.54, 1.807) is 26.4 Å². The summed E-state index contributed by atoms with van der Waals surface area (Å²) in [4.78, 5) is 12.0. The van der Waals surface area contributed by atoms with Crippen LogP contribution in [0.1, 0.15) is 31.7 Å². The summed E-state index contributed by atoms with van der Waals surface area (Å²) in [5, 5.41) is 3.45. The number of nitrogens with one attached hydrogen (secondary N) is 3. The lowest BCUT2D eigenvalue weighted by atomic mass is 10.1. The number of rotatable bonds is 8. The van der Waals surface area contributed by atoms with Crippen molar-refractivity contribution in [1.82, 2.24) is 16.2 Å². The zero-order valence-electron chi connectivity index (χ0n) is 14.2. The lowest BCUT2D eigenvalue weighted by molar-refractivity contribution is -0.121. The van der Waals surface area contributed by atoms with E-state index in [2.05, 4.69) is 39.0 Å². The van der Waals surface area contributed by atoms with Gasteiger partial charge in [-0.3, -0.25) is 15.6 Å². The molecule has 0 aliphatic rings. The van der Waals surface area contributed by atoms with Crippen molar-refractivity contribution >= 4 is 39.2 Å². The highest BCUT2D eigenvalue weighted by Crippen LogP contribution is 2.33. The Kier molecular flexibility index (Phi) is 9.48. The average Bonchev–Trinajstić information content (AvgIpc) is 2.58. The Labute approximate surface area is 156 Å². The molecule has 1 rings (SSSR count). The van der Waals surface area contributed by atoms with Crippen molar-refractivity contribution in [3.05, 3.63) is 22.2 Å². The molecule has 8 heteroatoms. The second-order valence-electron chi connectivity index (χ2n) is 5.11. The molecule has 6 nitrogen and oxygen atoms in total. The molecule has 0 saturated heterocycles. The molecule has 134 valence electrons. The van der Waals surface area contributed by atoms with Gasteiger partial charge < -0.3 is 14.8 Å². The molecule has 0 heterocycles. The molecule has 0 spiro atoms. The van der Waals surface area contributed by atoms with Crippen LogP contribution >= 0.6 is 28.1 Å². The summed E-state index contributed by atoms with van der Waals surface area (Å²) in [6.07, 6.45) is 3.52. The summed E-state index contributed by atoms with van der Waals surface area (Å²) < 4.78 is 11.2. The van der Waals surface area contributed by atoms with E-state index in [1.807, 2.05) is 0 Å². The van der Waals surface area contributed by atoms with Crippen molar-refractivity contribution in [2.75, 3.05) is 20.8 Å². The molecule has 0 saturated carbocycles. The third kappa shape index (κ3) is 6.92. The minimum absolute atomic E-state index is 0.173. The van der Waals surface area contributed by atoms with Crippen LogP contribution in [0, 0.1) is 0 Å². The van der Waals surface area contributed by atoms with Gasteiger partial charge in [-0.2, -0.15) is 0 Å². The number of benzene rings is 1. The van der Waals surface area contributed by atoms with Crippen molar-refractivity contribution < 1.29 is 14.3 Å². The van der Waals surface area contributed by atoms with Gasteiger partial charge in [0.2, 0.25) is 5.91 Å². The maximum atomic E-state index is 12.0. The Morgan fingerprint density at radius 3 is 2.46 bits per heavy atom. The van der Waals surface area contributed by atoms with E-state index in [9.17, 15) is 4.79 Å². The maximum absolute atomic E-state index is 12.0. The third-order valence-corrected chi connectivity index (χ3v) is 4.27. The first-order chi connectivity index (χ1) is 11.5. The smallest absolute Gasteiger partial charge is 0.242 e. The minimum atomic E-state index is -0.208. The highest BCUT2D eigenvalue weighted by atomic mass is 79.9. The molecule has 0 bridgehead atoms. The number of hydrogen-bond donors (Lipinski definition) is 3. The van der Waals surface area contributed by atoms with Gasteiger partial charge in [0.05, 0.1) is 20.6 Å². The fourth-order valence-corrected chi connectivity index (χ4v) is 2.61. The van der Waals surface area contributed by atoms with Crippen LogP contribution in [0.2, 0.25) is 0 Å². The molecule has 0 unspecified atom stereocenters. The Balaban J connectivity index is 2.49. The zero-order valence-corrected chi connectivity index (χ0v) is 16.6. The third-order valence-electron chi connectivity index (χ3n) is 3.28. The van der Waals surface area contributed by atoms with Gasteiger partial charge in [-0.05, 0) is 36.3 Å². The predicted octanol–water partition coefficient (Wildman–Crippen LogP) is 2.69. The molecule has 1 aromatic carbocycles. The van der Waals surface area contributed by atoms with Crippen LogP contribution in [0.5, 0.6) is 11.5 Å². The number of hydrogen-bond acceptors (Lipinski definition) is 4. The molecule has 1 amide bonds. The van der Waals surface area contributed by atoms with Crippen LogP contribution in [0.15, 0.2) is 16.6 Å². The summed E-state index contributed by atoms with van der Waals surface area (Å²) in [7, 11) is 3.12. The highest BCUT2D eigenvalue weighted by molar-refractivity contribution is 9.10. The van der Waals surface area contributed by atoms with Crippen molar-refractivity contribution in [3.63, 3.8) is 0 Å². The van der Waals surface area contributed by atoms with E-state index in [0.717, 1.165) is 35.8 Å². The Bertz CT molecular complexity index is 570. The SMILES string of the molecule is CCCCCNC(=S)NNC(=O)Cc1cc(OC)c(OC)cc1Br. The predicted molar refractivity (Wildman–Crippen MR) is 102 cm³/mol. The van der Waals surface area contributed by atoms with E-state index >= 15 is 0 Å². The molecule has 0 aliphatic heterocycles. The molecule has 0 aliphatic carbocycles. The lowest BCUT2D eigenvalue weighted by Gasteiger charge is -2.13. The Hall–Kier alpha value is -1.54. The number of ether oxygens (including phenoxy) is 2. The number of halogens is 1. The molecule has 0 atom stereocenters. The molecule has 3 N–H and O–H groups in total. The molecular weight excluding hydrogens is 394 g/mol. The summed E-state index contributed by atoms with van der Waals surface area (Å²) in [5.41, 5.74) is 6.07. The average molecular weight is 418 g/mol. The molecule has 0 aromatic heterocycles. The van der Waals surface area contributed by atoms with Crippen molar-refractivity contribution in [3.8, 4) is 11.5 Å². The van der Waals surface area contributed by atoms with Crippen LogP contribution < -0.4 is 25.6 Å². The van der Waals surface area contributed by atoms with E-state index in [1.165, 1.54) is 0 Å². The first-order valence-electron chi connectivity index (χ1n) is 7.74. The summed E-state index contributed by atoms with van der Waals surface area (Å²) >= 11 is 8.54. The number of unbranched alkanes of at least 4 members (excludes halogenated alkanes) is 2. The van der Waals surface area contributed by atoms with Crippen LogP contribution in [0.3, 0.4) is 0 Å². The number of carbonyl (C=O) groups is 1. The minimum Gasteiger partial charge on any atom is -0.493 e. The number of methoxy groups -OCH3 is 2. The van der Waals surface area contributed by atoms with Crippen LogP contribution in [0.25, 0.3) is 0 Å². The van der Waals surface area contributed by atoms with Gasteiger partial charge in [-0.1, -0.05) is 35.7 Å². The Morgan fingerprint density at radius 1 is 1.17 bits per heavy atom. The number of amides is 1. The largest absolute Gasteiger partial charge is 0.493 e. The second-order valence-corrected chi connectivity index (χ2v) is 6.37. The van der Waals surface area contributed by atoms with Gasteiger partial charge in [0.25, 0.3) is 0 Å². The van der Waals surface area contributed by atoms with Crippen LogP contribution in [0.4, 0.5) is 0 Å². The lowest BCUT2D eigenvalue weighted by Crippen LogP contribution is -2.47. The molecule has 0 radical (unpaired) electrons. The van der Waals surface area contributed by atoms with Crippen LogP contribution in [-0.2, 0) is 11.2 Å². The first kappa shape index (κ1) is 20.5. The first-order valence-corrected chi connectivity index (χ1v) is 8.95. The van der Waals surface area contributed by atoms with Gasteiger partial charge in [-0.15, -0.1) is 0 Å². The van der Waals surface area contributed by atoms with E-state index in [4.69, 9.17) is 21.7 Å².